The van der Waals surface area contributed by atoms with Crippen molar-refractivity contribution in [1.82, 2.24) is 0 Å². The molecule has 0 aliphatic rings. The molecule has 0 saturated heterocycles. The summed E-state index contributed by atoms with van der Waals surface area (Å²) in [6, 6.07) is 46.7. The van der Waals surface area contributed by atoms with E-state index in [1.807, 2.05) is 18.2 Å². The molecule has 0 aliphatic carbocycles. The Morgan fingerprint density at radius 3 is 1.59 bits per heavy atom. The number of hydrogen-bond acceptors (Lipinski definition) is 1. The third kappa shape index (κ3) is 6.17. The van der Waals surface area contributed by atoms with Gasteiger partial charge in [-0.3, -0.25) is 0 Å². The van der Waals surface area contributed by atoms with Crippen LogP contribution in [0.3, 0.4) is 0 Å². The van der Waals surface area contributed by atoms with Crippen LogP contribution in [0.1, 0.15) is 5.56 Å². The molecule has 0 amide bonds. The first-order valence-electron chi connectivity index (χ1n) is 12.0. The molecule has 0 radical (unpaired) electrons. The van der Waals surface area contributed by atoms with Gasteiger partial charge in [-0.05, 0) is 84.4 Å². The van der Waals surface area contributed by atoms with Crippen molar-refractivity contribution in [2.75, 3.05) is 6.16 Å². The SMILES string of the molecule is Fc1ccc(Oc2cccc(C=CC[P+](c3ccccc3)(c3ccccc3)c3ccccc3)c2)cc1.[Cl-]. The quantitative estimate of drug-likeness (QED) is 0.269. The second-order valence-electron chi connectivity index (χ2n) is 8.53. The van der Waals surface area contributed by atoms with Crippen molar-refractivity contribution in [3.8, 4) is 11.5 Å². The molecule has 0 N–H and O–H groups in total. The van der Waals surface area contributed by atoms with Gasteiger partial charge in [0.15, 0.2) is 0 Å². The zero-order valence-corrected chi connectivity index (χ0v) is 21.9. The Bertz CT molecular complexity index is 1330. The van der Waals surface area contributed by atoms with Gasteiger partial charge in [-0.15, -0.1) is 0 Å². The lowest BCUT2D eigenvalue weighted by Crippen LogP contribution is -3.00. The number of hydrogen-bond donors (Lipinski definition) is 0. The molecule has 0 atom stereocenters. The van der Waals surface area contributed by atoms with E-state index in [1.165, 1.54) is 28.0 Å². The highest BCUT2D eigenvalue weighted by molar-refractivity contribution is 7.95. The summed E-state index contributed by atoms with van der Waals surface area (Å²) in [6.45, 7) is 0. The molecule has 5 rings (SSSR count). The molecule has 5 aromatic rings. The molecule has 5 aromatic carbocycles. The van der Waals surface area contributed by atoms with Gasteiger partial charge in [0, 0.05) is 0 Å². The van der Waals surface area contributed by atoms with Gasteiger partial charge in [-0.25, -0.2) is 4.39 Å². The van der Waals surface area contributed by atoms with Gasteiger partial charge < -0.3 is 17.1 Å². The summed E-state index contributed by atoms with van der Waals surface area (Å²) in [5.41, 5.74) is 1.06. The van der Waals surface area contributed by atoms with Gasteiger partial charge >= 0.3 is 0 Å². The Balaban J connectivity index is 0.00000320. The predicted molar refractivity (Wildman–Crippen MR) is 152 cm³/mol. The van der Waals surface area contributed by atoms with Gasteiger partial charge in [-0.2, -0.15) is 0 Å². The Morgan fingerprint density at radius 2 is 1.08 bits per heavy atom. The summed E-state index contributed by atoms with van der Waals surface area (Å²) in [4.78, 5) is 0. The fraction of sp³-hybridized carbons (Fsp3) is 0.0303. The maximum absolute atomic E-state index is 13.2. The van der Waals surface area contributed by atoms with E-state index in [-0.39, 0.29) is 18.2 Å². The van der Waals surface area contributed by atoms with E-state index in [0.717, 1.165) is 17.5 Å². The molecular weight excluding hydrogens is 498 g/mol. The molecule has 0 heterocycles. The maximum Gasteiger partial charge on any atom is 0.128 e. The second kappa shape index (κ2) is 12.5. The molecule has 0 spiro atoms. The standard InChI is InChI=1S/C33H27FOP.ClH/c34-28-21-23-29(24-22-28)35-30-14-10-12-27(26-30)13-11-25-36(31-15-4-1-5-16-31,32-17-6-2-7-18-32)33-19-8-3-9-20-33;/h1-24,26H,25H2;1H/q+1;/p-1. The first-order valence-corrected chi connectivity index (χ1v) is 14.0. The molecule has 0 unspecified atom stereocenters. The normalized spacial score (nSPS) is 11.2. The first kappa shape index (κ1) is 26.4. The van der Waals surface area contributed by atoms with E-state index in [9.17, 15) is 4.39 Å². The molecule has 0 fully saturated rings. The molecule has 0 saturated carbocycles. The largest absolute Gasteiger partial charge is 1.00 e. The Morgan fingerprint density at radius 1 is 0.568 bits per heavy atom. The predicted octanol–water partition coefficient (Wildman–Crippen LogP) is 4.63. The lowest BCUT2D eigenvalue weighted by atomic mass is 10.2. The molecular formula is C33H27ClFOP. The van der Waals surface area contributed by atoms with E-state index in [0.29, 0.717) is 5.75 Å². The van der Waals surface area contributed by atoms with Gasteiger partial charge in [0.1, 0.15) is 40.5 Å². The van der Waals surface area contributed by atoms with Crippen LogP contribution in [0.25, 0.3) is 6.08 Å². The monoisotopic (exact) mass is 524 g/mol. The van der Waals surface area contributed by atoms with Crippen molar-refractivity contribution >= 4 is 29.3 Å². The van der Waals surface area contributed by atoms with E-state index in [1.54, 1.807) is 12.1 Å². The Hall–Kier alpha value is -3.71. The zero-order chi connectivity index (χ0) is 24.6. The number of halogens is 2. The van der Waals surface area contributed by atoms with E-state index >= 15 is 0 Å². The lowest BCUT2D eigenvalue weighted by molar-refractivity contribution is -0.00000801. The minimum atomic E-state index is -1.92. The van der Waals surface area contributed by atoms with Crippen LogP contribution in [-0.2, 0) is 0 Å². The van der Waals surface area contributed by atoms with Crippen LogP contribution >= 0.6 is 7.26 Å². The van der Waals surface area contributed by atoms with E-state index < -0.39 is 7.26 Å². The zero-order valence-electron chi connectivity index (χ0n) is 20.3. The molecule has 0 aliphatic heterocycles. The smallest absolute Gasteiger partial charge is 0.128 e. The summed E-state index contributed by atoms with van der Waals surface area (Å²) >= 11 is 0. The topological polar surface area (TPSA) is 9.23 Å². The Labute approximate surface area is 225 Å². The van der Waals surface area contributed by atoms with E-state index in [4.69, 9.17) is 4.74 Å². The highest BCUT2D eigenvalue weighted by Gasteiger charge is 2.44. The maximum atomic E-state index is 13.2. The number of allylic oxidation sites excluding steroid dienone is 1. The lowest BCUT2D eigenvalue weighted by Gasteiger charge is -2.26. The van der Waals surface area contributed by atoms with Crippen LogP contribution in [-0.4, -0.2) is 6.16 Å². The highest BCUT2D eigenvalue weighted by Crippen LogP contribution is 2.55. The van der Waals surface area contributed by atoms with Crippen LogP contribution in [0.4, 0.5) is 4.39 Å². The average Bonchev–Trinajstić information content (AvgIpc) is 2.94. The van der Waals surface area contributed by atoms with Gasteiger partial charge in [0.2, 0.25) is 0 Å². The fourth-order valence-corrected chi connectivity index (χ4v) is 8.47. The Kier molecular flexibility index (Phi) is 8.90. The fourth-order valence-electron chi connectivity index (χ4n) is 4.48. The molecule has 184 valence electrons. The molecule has 37 heavy (non-hydrogen) atoms. The minimum Gasteiger partial charge on any atom is -1.00 e. The second-order valence-corrected chi connectivity index (χ2v) is 12.1. The van der Waals surface area contributed by atoms with Crippen molar-refractivity contribution in [3.63, 3.8) is 0 Å². The van der Waals surface area contributed by atoms with Crippen molar-refractivity contribution in [3.05, 3.63) is 157 Å². The molecule has 1 nitrogen and oxygen atoms in total. The van der Waals surface area contributed by atoms with Crippen LogP contribution in [0.5, 0.6) is 11.5 Å². The van der Waals surface area contributed by atoms with Crippen molar-refractivity contribution in [2.24, 2.45) is 0 Å². The summed E-state index contributed by atoms with van der Waals surface area (Å²) in [5, 5.41) is 4.08. The highest BCUT2D eigenvalue weighted by atomic mass is 35.5. The third-order valence-corrected chi connectivity index (χ3v) is 10.5. The van der Waals surface area contributed by atoms with Crippen LogP contribution in [0.15, 0.2) is 146 Å². The van der Waals surface area contributed by atoms with Crippen molar-refractivity contribution < 1.29 is 21.5 Å². The van der Waals surface area contributed by atoms with Crippen molar-refractivity contribution in [1.29, 1.82) is 0 Å². The van der Waals surface area contributed by atoms with Crippen LogP contribution in [0, 0.1) is 5.82 Å². The number of rotatable bonds is 8. The summed E-state index contributed by atoms with van der Waals surface area (Å²) in [6.07, 6.45) is 5.35. The average molecular weight is 525 g/mol. The van der Waals surface area contributed by atoms with Gasteiger partial charge in [0.25, 0.3) is 0 Å². The minimum absolute atomic E-state index is 0. The van der Waals surface area contributed by atoms with Gasteiger partial charge in [-0.1, -0.05) is 72.8 Å². The summed E-state index contributed by atoms with van der Waals surface area (Å²) in [7, 11) is -1.92. The van der Waals surface area contributed by atoms with Gasteiger partial charge in [0.05, 0.1) is 6.16 Å². The summed E-state index contributed by atoms with van der Waals surface area (Å²) in [5.74, 6) is 1.06. The van der Waals surface area contributed by atoms with Crippen molar-refractivity contribution in [2.45, 2.75) is 0 Å². The number of ether oxygens (including phenoxy) is 1. The third-order valence-electron chi connectivity index (χ3n) is 6.19. The molecule has 0 bridgehead atoms. The number of benzene rings is 5. The summed E-state index contributed by atoms with van der Waals surface area (Å²) < 4.78 is 19.2. The van der Waals surface area contributed by atoms with Crippen LogP contribution in [0.2, 0.25) is 0 Å². The van der Waals surface area contributed by atoms with E-state index in [2.05, 4.69) is 109 Å². The molecule has 0 aromatic heterocycles. The molecule has 4 heteroatoms. The first-order chi connectivity index (χ1) is 17.7. The van der Waals surface area contributed by atoms with Crippen LogP contribution < -0.4 is 33.1 Å².